The summed E-state index contributed by atoms with van der Waals surface area (Å²) >= 11 is 0. The molecular weight excluding hydrogens is 202 g/mol. The number of rotatable bonds is 6. The van der Waals surface area contributed by atoms with E-state index in [4.69, 9.17) is 10.5 Å². The first kappa shape index (κ1) is 12.8. The van der Waals surface area contributed by atoms with Crippen LogP contribution in [0.25, 0.3) is 0 Å². The fourth-order valence-corrected chi connectivity index (χ4v) is 1.27. The van der Waals surface area contributed by atoms with Gasteiger partial charge in [0.1, 0.15) is 5.82 Å². The summed E-state index contributed by atoms with van der Waals surface area (Å²) < 4.78 is 5.46. The summed E-state index contributed by atoms with van der Waals surface area (Å²) in [6, 6.07) is 1.90. The summed E-state index contributed by atoms with van der Waals surface area (Å²) in [5.41, 5.74) is 7.64. The molecule has 0 bridgehead atoms. The maximum Gasteiger partial charge on any atom is 0.149 e. The Morgan fingerprint density at radius 1 is 1.50 bits per heavy atom. The number of nitrogens with zero attached hydrogens (tertiary/aromatic N) is 1. The molecule has 0 atom stereocenters. The Bertz CT molecular complexity index is 326. The predicted octanol–water partition coefficient (Wildman–Crippen LogP) is 2.06. The van der Waals surface area contributed by atoms with Crippen LogP contribution in [0.2, 0.25) is 0 Å². The molecule has 3 N–H and O–H groups in total. The molecule has 16 heavy (non-hydrogen) atoms. The Morgan fingerprint density at radius 3 is 2.94 bits per heavy atom. The summed E-state index contributed by atoms with van der Waals surface area (Å²) in [6.07, 6.45) is 1.75. The highest BCUT2D eigenvalue weighted by Gasteiger charge is 2.01. The second-order valence-electron chi connectivity index (χ2n) is 4.29. The largest absolute Gasteiger partial charge is 0.396 e. The molecule has 0 unspecified atom stereocenters. The average molecular weight is 223 g/mol. The highest BCUT2D eigenvalue weighted by molar-refractivity contribution is 5.64. The van der Waals surface area contributed by atoms with Crippen molar-refractivity contribution < 1.29 is 4.74 Å². The first-order valence-corrected chi connectivity index (χ1v) is 5.64. The van der Waals surface area contributed by atoms with Crippen LogP contribution < -0.4 is 11.1 Å². The Kier molecular flexibility index (Phi) is 5.05. The molecule has 0 aromatic carbocycles. The molecule has 0 radical (unpaired) electrons. The molecule has 1 aromatic rings. The van der Waals surface area contributed by atoms with Crippen LogP contribution in [0.1, 0.15) is 19.4 Å². The van der Waals surface area contributed by atoms with Crippen molar-refractivity contribution in [3.63, 3.8) is 0 Å². The third-order valence-corrected chi connectivity index (χ3v) is 2.20. The molecule has 4 heteroatoms. The highest BCUT2D eigenvalue weighted by atomic mass is 16.5. The molecular formula is C12H21N3O. The highest BCUT2D eigenvalue weighted by Crippen LogP contribution is 2.17. The zero-order valence-electron chi connectivity index (χ0n) is 10.3. The van der Waals surface area contributed by atoms with Crippen molar-refractivity contribution in [1.82, 2.24) is 4.98 Å². The van der Waals surface area contributed by atoms with Gasteiger partial charge >= 0.3 is 0 Å². The smallest absolute Gasteiger partial charge is 0.149 e. The minimum atomic E-state index is 0.571. The molecule has 0 saturated heterocycles. The zero-order chi connectivity index (χ0) is 12.0. The van der Waals surface area contributed by atoms with Gasteiger partial charge in [-0.1, -0.05) is 13.8 Å². The Morgan fingerprint density at radius 2 is 2.25 bits per heavy atom. The average Bonchev–Trinajstić information content (AvgIpc) is 2.23. The minimum Gasteiger partial charge on any atom is -0.396 e. The van der Waals surface area contributed by atoms with E-state index in [9.17, 15) is 0 Å². The normalized spacial score (nSPS) is 10.8. The van der Waals surface area contributed by atoms with Crippen LogP contribution in [0.4, 0.5) is 11.5 Å². The van der Waals surface area contributed by atoms with Gasteiger partial charge in [0.2, 0.25) is 0 Å². The minimum absolute atomic E-state index is 0.571. The Hall–Kier alpha value is -1.29. The van der Waals surface area contributed by atoms with Crippen molar-refractivity contribution in [3.8, 4) is 0 Å². The summed E-state index contributed by atoms with van der Waals surface area (Å²) in [4.78, 5) is 4.18. The van der Waals surface area contributed by atoms with Crippen LogP contribution in [0.15, 0.2) is 12.3 Å². The number of pyridine rings is 1. The van der Waals surface area contributed by atoms with Gasteiger partial charge < -0.3 is 15.8 Å². The van der Waals surface area contributed by atoms with Crippen LogP contribution in [-0.4, -0.2) is 24.7 Å². The topological polar surface area (TPSA) is 60.2 Å². The van der Waals surface area contributed by atoms with Crippen LogP contribution in [0.3, 0.4) is 0 Å². The third kappa shape index (κ3) is 4.06. The number of aryl methyl sites for hydroxylation is 1. The molecule has 4 nitrogen and oxygen atoms in total. The lowest BCUT2D eigenvalue weighted by molar-refractivity contribution is 0.118. The van der Waals surface area contributed by atoms with Gasteiger partial charge in [-0.05, 0) is 24.5 Å². The van der Waals surface area contributed by atoms with E-state index in [-0.39, 0.29) is 0 Å². The Balaban J connectivity index is 2.29. The third-order valence-electron chi connectivity index (χ3n) is 2.20. The van der Waals surface area contributed by atoms with Crippen LogP contribution in [0, 0.1) is 12.8 Å². The van der Waals surface area contributed by atoms with Gasteiger partial charge in [-0.2, -0.15) is 0 Å². The molecule has 0 aliphatic rings. The number of aromatic nitrogens is 1. The second-order valence-corrected chi connectivity index (χ2v) is 4.29. The number of nitrogens with two attached hydrogens (primary N) is 1. The summed E-state index contributed by atoms with van der Waals surface area (Å²) in [5.74, 6) is 1.32. The Labute approximate surface area is 97.2 Å². The summed E-state index contributed by atoms with van der Waals surface area (Å²) in [5, 5.41) is 3.17. The van der Waals surface area contributed by atoms with Crippen molar-refractivity contribution in [2.45, 2.75) is 20.8 Å². The van der Waals surface area contributed by atoms with Gasteiger partial charge in [0.15, 0.2) is 0 Å². The van der Waals surface area contributed by atoms with Crippen molar-refractivity contribution in [2.24, 2.45) is 5.92 Å². The number of ether oxygens (including phenoxy) is 1. The quantitative estimate of drug-likeness (QED) is 0.725. The number of hydrogen-bond acceptors (Lipinski definition) is 4. The van der Waals surface area contributed by atoms with E-state index >= 15 is 0 Å². The monoisotopic (exact) mass is 223 g/mol. The fourth-order valence-electron chi connectivity index (χ4n) is 1.27. The lowest BCUT2D eigenvalue weighted by Gasteiger charge is -2.10. The van der Waals surface area contributed by atoms with E-state index in [1.54, 1.807) is 6.20 Å². The lowest BCUT2D eigenvalue weighted by Crippen LogP contribution is -2.14. The molecule has 0 saturated carbocycles. The summed E-state index contributed by atoms with van der Waals surface area (Å²) in [6.45, 7) is 8.43. The SMILES string of the molecule is Cc1ccnc(NCCOCC(C)C)c1N. The second kappa shape index (κ2) is 6.33. The van der Waals surface area contributed by atoms with E-state index < -0.39 is 0 Å². The van der Waals surface area contributed by atoms with Crippen molar-refractivity contribution in [2.75, 3.05) is 30.8 Å². The van der Waals surface area contributed by atoms with E-state index in [1.165, 1.54) is 0 Å². The van der Waals surface area contributed by atoms with Crippen LogP contribution >= 0.6 is 0 Å². The molecule has 1 heterocycles. The molecule has 0 fully saturated rings. The number of anilines is 2. The first-order valence-electron chi connectivity index (χ1n) is 5.64. The van der Waals surface area contributed by atoms with E-state index in [2.05, 4.69) is 24.1 Å². The van der Waals surface area contributed by atoms with Gasteiger partial charge in [0.25, 0.3) is 0 Å². The van der Waals surface area contributed by atoms with Crippen LogP contribution in [0.5, 0.6) is 0 Å². The van der Waals surface area contributed by atoms with E-state index in [0.717, 1.165) is 24.5 Å². The standard InChI is InChI=1S/C12H21N3O/c1-9(2)8-16-7-6-15-12-11(13)10(3)4-5-14-12/h4-5,9H,6-8,13H2,1-3H3,(H,14,15). The van der Waals surface area contributed by atoms with Crippen LogP contribution in [-0.2, 0) is 4.74 Å². The predicted molar refractivity (Wildman–Crippen MR) is 67.5 cm³/mol. The maximum atomic E-state index is 5.88. The molecule has 0 amide bonds. The zero-order valence-corrected chi connectivity index (χ0v) is 10.3. The number of nitrogens with one attached hydrogen (secondary N) is 1. The molecule has 0 spiro atoms. The molecule has 0 aliphatic heterocycles. The fraction of sp³-hybridized carbons (Fsp3) is 0.583. The summed E-state index contributed by atoms with van der Waals surface area (Å²) in [7, 11) is 0. The molecule has 90 valence electrons. The van der Waals surface area contributed by atoms with Gasteiger partial charge in [0, 0.05) is 19.3 Å². The van der Waals surface area contributed by atoms with Gasteiger partial charge in [-0.3, -0.25) is 0 Å². The number of hydrogen-bond donors (Lipinski definition) is 2. The lowest BCUT2D eigenvalue weighted by atomic mass is 10.2. The number of nitrogen functional groups attached to an aromatic ring is 1. The van der Waals surface area contributed by atoms with Gasteiger partial charge in [-0.15, -0.1) is 0 Å². The molecule has 0 aliphatic carbocycles. The van der Waals surface area contributed by atoms with Gasteiger partial charge in [0.05, 0.1) is 12.3 Å². The van der Waals surface area contributed by atoms with Crippen molar-refractivity contribution in [1.29, 1.82) is 0 Å². The van der Waals surface area contributed by atoms with Crippen molar-refractivity contribution in [3.05, 3.63) is 17.8 Å². The van der Waals surface area contributed by atoms with Gasteiger partial charge in [-0.25, -0.2) is 4.98 Å². The maximum absolute atomic E-state index is 5.88. The first-order chi connectivity index (χ1) is 7.61. The van der Waals surface area contributed by atoms with E-state index in [1.807, 2.05) is 13.0 Å². The molecule has 1 aromatic heterocycles. The van der Waals surface area contributed by atoms with Crippen molar-refractivity contribution >= 4 is 11.5 Å². The molecule has 1 rings (SSSR count). The van der Waals surface area contributed by atoms with E-state index in [0.29, 0.717) is 18.2 Å².